The predicted octanol–water partition coefficient (Wildman–Crippen LogP) is 3.88. The molecular formula is C20H22ClNO5S. The number of aryl methyl sites for hydroxylation is 1. The number of hydrogen-bond acceptors (Lipinski definition) is 5. The minimum Gasteiger partial charge on any atom is -0.452 e. The van der Waals surface area contributed by atoms with E-state index in [2.05, 4.69) is 12.2 Å². The van der Waals surface area contributed by atoms with E-state index in [-0.39, 0.29) is 15.5 Å². The summed E-state index contributed by atoms with van der Waals surface area (Å²) in [7, 11) is -3.50. The number of benzene rings is 2. The van der Waals surface area contributed by atoms with Gasteiger partial charge >= 0.3 is 5.97 Å². The predicted molar refractivity (Wildman–Crippen MR) is 109 cm³/mol. The Morgan fingerprint density at radius 3 is 2.39 bits per heavy atom. The number of nitrogens with one attached hydrogen (secondary N) is 1. The van der Waals surface area contributed by atoms with Crippen molar-refractivity contribution >= 4 is 39.0 Å². The third kappa shape index (κ3) is 6.35. The summed E-state index contributed by atoms with van der Waals surface area (Å²) >= 11 is 5.94. The van der Waals surface area contributed by atoms with Crippen molar-refractivity contribution in [2.45, 2.75) is 31.1 Å². The summed E-state index contributed by atoms with van der Waals surface area (Å²) in [6.45, 7) is 1.61. The standard InChI is InChI=1S/C20H22ClNO5S/c1-3-4-5-14-6-8-15(9-7-14)22-19(23)13-27-20(24)17-12-16(28(2,25)26)10-11-18(17)21/h6-12H,3-5,13H2,1-2H3,(H,22,23). The molecular weight excluding hydrogens is 402 g/mol. The average Bonchev–Trinajstić information content (AvgIpc) is 2.65. The van der Waals surface area contributed by atoms with E-state index in [9.17, 15) is 18.0 Å². The van der Waals surface area contributed by atoms with Gasteiger partial charge in [-0.05, 0) is 48.7 Å². The number of hydrogen-bond donors (Lipinski definition) is 1. The van der Waals surface area contributed by atoms with Gasteiger partial charge in [-0.3, -0.25) is 4.79 Å². The summed E-state index contributed by atoms with van der Waals surface area (Å²) in [5.41, 5.74) is 1.67. The molecule has 2 aromatic rings. The molecule has 0 aromatic heterocycles. The Bertz CT molecular complexity index is 955. The summed E-state index contributed by atoms with van der Waals surface area (Å²) < 4.78 is 28.2. The van der Waals surface area contributed by atoms with Crippen molar-refractivity contribution in [2.75, 3.05) is 18.2 Å². The summed E-state index contributed by atoms with van der Waals surface area (Å²) in [4.78, 5) is 24.1. The van der Waals surface area contributed by atoms with Crippen LogP contribution in [-0.2, 0) is 25.8 Å². The lowest BCUT2D eigenvalue weighted by atomic mass is 10.1. The van der Waals surface area contributed by atoms with Gasteiger partial charge in [-0.25, -0.2) is 13.2 Å². The van der Waals surface area contributed by atoms with Crippen molar-refractivity contribution in [3.63, 3.8) is 0 Å². The van der Waals surface area contributed by atoms with E-state index in [1.165, 1.54) is 17.7 Å². The maximum Gasteiger partial charge on any atom is 0.340 e. The van der Waals surface area contributed by atoms with Gasteiger partial charge in [0.05, 0.1) is 15.5 Å². The fourth-order valence-corrected chi connectivity index (χ4v) is 3.27. The Hall–Kier alpha value is -2.38. The zero-order valence-electron chi connectivity index (χ0n) is 15.7. The van der Waals surface area contributed by atoms with Crippen LogP contribution < -0.4 is 5.32 Å². The van der Waals surface area contributed by atoms with Crippen LogP contribution in [0.5, 0.6) is 0 Å². The Morgan fingerprint density at radius 2 is 1.79 bits per heavy atom. The van der Waals surface area contributed by atoms with Crippen LogP contribution in [-0.4, -0.2) is 33.2 Å². The average molecular weight is 424 g/mol. The van der Waals surface area contributed by atoms with Gasteiger partial charge in [0.15, 0.2) is 16.4 Å². The van der Waals surface area contributed by atoms with E-state index in [0.29, 0.717) is 5.69 Å². The van der Waals surface area contributed by atoms with Gasteiger partial charge in [0.25, 0.3) is 5.91 Å². The third-order valence-corrected chi connectivity index (χ3v) is 5.42. The highest BCUT2D eigenvalue weighted by Crippen LogP contribution is 2.21. The zero-order valence-corrected chi connectivity index (χ0v) is 17.3. The van der Waals surface area contributed by atoms with Gasteiger partial charge in [-0.15, -0.1) is 0 Å². The van der Waals surface area contributed by atoms with Gasteiger partial charge in [-0.2, -0.15) is 0 Å². The molecule has 2 rings (SSSR count). The molecule has 0 unspecified atom stereocenters. The number of amides is 1. The molecule has 0 bridgehead atoms. The van der Waals surface area contributed by atoms with Crippen LogP contribution in [0.25, 0.3) is 0 Å². The maximum atomic E-state index is 12.2. The highest BCUT2D eigenvalue weighted by atomic mass is 35.5. The Balaban J connectivity index is 1.95. The van der Waals surface area contributed by atoms with Crippen LogP contribution in [0.15, 0.2) is 47.4 Å². The molecule has 150 valence electrons. The van der Waals surface area contributed by atoms with E-state index >= 15 is 0 Å². The molecule has 1 N–H and O–H groups in total. The number of ether oxygens (including phenoxy) is 1. The number of esters is 1. The SMILES string of the molecule is CCCCc1ccc(NC(=O)COC(=O)c2cc(S(C)(=O)=O)ccc2Cl)cc1. The Morgan fingerprint density at radius 1 is 1.11 bits per heavy atom. The summed E-state index contributed by atoms with van der Waals surface area (Å²) in [6, 6.07) is 11.2. The molecule has 8 heteroatoms. The first kappa shape index (κ1) is 21.9. The number of unbranched alkanes of at least 4 members (excludes halogenated alkanes) is 1. The first-order valence-corrected chi connectivity index (χ1v) is 11.0. The molecule has 28 heavy (non-hydrogen) atoms. The highest BCUT2D eigenvalue weighted by Gasteiger charge is 2.17. The first-order valence-electron chi connectivity index (χ1n) is 8.76. The monoisotopic (exact) mass is 423 g/mol. The van der Waals surface area contributed by atoms with Crippen molar-refractivity contribution in [3.8, 4) is 0 Å². The molecule has 6 nitrogen and oxygen atoms in total. The second kappa shape index (κ2) is 9.71. The van der Waals surface area contributed by atoms with Gasteiger partial charge in [0.1, 0.15) is 0 Å². The molecule has 0 aliphatic rings. The normalized spacial score (nSPS) is 11.1. The first-order chi connectivity index (χ1) is 13.2. The second-order valence-corrected chi connectivity index (χ2v) is 8.76. The van der Waals surface area contributed by atoms with E-state index in [1.807, 2.05) is 12.1 Å². The summed E-state index contributed by atoms with van der Waals surface area (Å²) in [6.07, 6.45) is 4.22. The zero-order chi connectivity index (χ0) is 20.7. The van der Waals surface area contributed by atoms with E-state index < -0.39 is 28.3 Å². The molecule has 0 aliphatic heterocycles. The van der Waals surface area contributed by atoms with Gasteiger partial charge in [0.2, 0.25) is 0 Å². The van der Waals surface area contributed by atoms with E-state index in [4.69, 9.17) is 16.3 Å². The van der Waals surface area contributed by atoms with Crippen molar-refractivity contribution in [2.24, 2.45) is 0 Å². The minimum absolute atomic E-state index is 0.0421. The van der Waals surface area contributed by atoms with Crippen molar-refractivity contribution in [1.82, 2.24) is 0 Å². The topological polar surface area (TPSA) is 89.5 Å². The van der Waals surface area contributed by atoms with Crippen molar-refractivity contribution in [3.05, 3.63) is 58.6 Å². The largest absolute Gasteiger partial charge is 0.452 e. The molecule has 0 spiro atoms. The fraction of sp³-hybridized carbons (Fsp3) is 0.300. The quantitative estimate of drug-likeness (QED) is 0.650. The molecule has 0 heterocycles. The van der Waals surface area contributed by atoms with Crippen LogP contribution in [0.1, 0.15) is 35.7 Å². The number of carbonyl (C=O) groups excluding carboxylic acids is 2. The van der Waals surface area contributed by atoms with Crippen LogP contribution in [0.2, 0.25) is 5.02 Å². The summed E-state index contributed by atoms with van der Waals surface area (Å²) in [5.74, 6) is -1.38. The minimum atomic E-state index is -3.50. The molecule has 2 aromatic carbocycles. The Labute approximate surface area is 169 Å². The molecule has 1 amide bonds. The van der Waals surface area contributed by atoms with Crippen LogP contribution >= 0.6 is 11.6 Å². The smallest absolute Gasteiger partial charge is 0.340 e. The van der Waals surface area contributed by atoms with Crippen molar-refractivity contribution in [1.29, 1.82) is 0 Å². The molecule has 0 radical (unpaired) electrons. The molecule has 0 atom stereocenters. The fourth-order valence-electron chi connectivity index (χ4n) is 2.43. The number of rotatable bonds is 8. The molecule has 0 saturated carbocycles. The molecule has 0 aliphatic carbocycles. The lowest BCUT2D eigenvalue weighted by molar-refractivity contribution is -0.119. The number of carbonyl (C=O) groups is 2. The van der Waals surface area contributed by atoms with Gasteiger partial charge in [-0.1, -0.05) is 37.1 Å². The second-order valence-electron chi connectivity index (χ2n) is 6.34. The Kier molecular flexibility index (Phi) is 7.60. The molecule has 0 fully saturated rings. The summed E-state index contributed by atoms with van der Waals surface area (Å²) in [5, 5.41) is 2.68. The van der Waals surface area contributed by atoms with Crippen molar-refractivity contribution < 1.29 is 22.7 Å². The lowest BCUT2D eigenvalue weighted by Crippen LogP contribution is -2.21. The number of sulfone groups is 1. The third-order valence-electron chi connectivity index (χ3n) is 3.98. The highest BCUT2D eigenvalue weighted by molar-refractivity contribution is 7.90. The van der Waals surface area contributed by atoms with Crippen LogP contribution in [0, 0.1) is 0 Å². The number of halogens is 1. The van der Waals surface area contributed by atoms with Crippen LogP contribution in [0.4, 0.5) is 5.69 Å². The lowest BCUT2D eigenvalue weighted by Gasteiger charge is -2.09. The van der Waals surface area contributed by atoms with E-state index in [0.717, 1.165) is 31.6 Å². The van der Waals surface area contributed by atoms with Gasteiger partial charge in [0, 0.05) is 11.9 Å². The molecule has 0 saturated heterocycles. The van der Waals surface area contributed by atoms with E-state index in [1.54, 1.807) is 12.1 Å². The maximum absolute atomic E-state index is 12.2. The van der Waals surface area contributed by atoms with Crippen LogP contribution in [0.3, 0.4) is 0 Å². The van der Waals surface area contributed by atoms with Gasteiger partial charge < -0.3 is 10.1 Å². The number of anilines is 1.